The van der Waals surface area contributed by atoms with Crippen molar-refractivity contribution in [2.24, 2.45) is 0 Å². The molecular weight excluding hydrogens is 230 g/mol. The third-order valence-corrected chi connectivity index (χ3v) is 2.83. The minimum Gasteiger partial charge on any atom is -0.455 e. The van der Waals surface area contributed by atoms with E-state index in [-0.39, 0.29) is 5.69 Å². The second-order valence-electron chi connectivity index (χ2n) is 4.51. The summed E-state index contributed by atoms with van der Waals surface area (Å²) in [4.78, 5) is 15.8. The number of ether oxygens (including phenoxy) is 1. The fourth-order valence-electron chi connectivity index (χ4n) is 1.40. The van der Waals surface area contributed by atoms with Crippen LogP contribution < -0.4 is 0 Å². The number of carbonyl (C=O) groups excluding carboxylic acids is 1. The zero-order valence-electron chi connectivity index (χ0n) is 11.2. The van der Waals surface area contributed by atoms with Crippen LogP contribution in [0, 0.1) is 0 Å². The highest BCUT2D eigenvalue weighted by atomic mass is 16.6. The SMILES string of the molecule is CCCCc1ccc(C(=O)OC(C)C(C)O)nc1. The summed E-state index contributed by atoms with van der Waals surface area (Å²) in [6.07, 6.45) is 3.72. The van der Waals surface area contributed by atoms with Crippen LogP contribution in [0.2, 0.25) is 0 Å². The first kappa shape index (κ1) is 14.6. The van der Waals surface area contributed by atoms with Crippen molar-refractivity contribution in [3.05, 3.63) is 29.6 Å². The third kappa shape index (κ3) is 4.45. The number of esters is 1. The number of rotatable bonds is 6. The average molecular weight is 251 g/mol. The van der Waals surface area contributed by atoms with Crippen LogP contribution in [-0.4, -0.2) is 28.3 Å². The van der Waals surface area contributed by atoms with Crippen molar-refractivity contribution in [2.45, 2.75) is 52.2 Å². The maximum Gasteiger partial charge on any atom is 0.357 e. The predicted molar refractivity (Wildman–Crippen MR) is 69.4 cm³/mol. The van der Waals surface area contributed by atoms with Crippen LogP contribution in [0.1, 0.15) is 49.7 Å². The van der Waals surface area contributed by atoms with E-state index in [0.717, 1.165) is 24.8 Å². The molecule has 1 heterocycles. The van der Waals surface area contributed by atoms with Crippen molar-refractivity contribution < 1.29 is 14.6 Å². The number of carbonyl (C=O) groups is 1. The first-order valence-corrected chi connectivity index (χ1v) is 6.38. The fourth-order valence-corrected chi connectivity index (χ4v) is 1.40. The quantitative estimate of drug-likeness (QED) is 0.788. The van der Waals surface area contributed by atoms with Crippen LogP contribution in [0.25, 0.3) is 0 Å². The zero-order valence-corrected chi connectivity index (χ0v) is 11.2. The summed E-state index contributed by atoms with van der Waals surface area (Å²) >= 11 is 0. The maximum absolute atomic E-state index is 11.7. The molecule has 0 amide bonds. The van der Waals surface area contributed by atoms with Gasteiger partial charge in [-0.25, -0.2) is 9.78 Å². The molecule has 0 radical (unpaired) electrons. The predicted octanol–water partition coefficient (Wildman–Crippen LogP) is 2.35. The van der Waals surface area contributed by atoms with Gasteiger partial charge in [-0.05, 0) is 38.3 Å². The van der Waals surface area contributed by atoms with E-state index in [1.807, 2.05) is 6.07 Å². The van der Waals surface area contributed by atoms with E-state index in [1.54, 1.807) is 26.1 Å². The van der Waals surface area contributed by atoms with Crippen molar-refractivity contribution in [2.75, 3.05) is 0 Å². The summed E-state index contributed by atoms with van der Waals surface area (Å²) in [5, 5.41) is 9.26. The lowest BCUT2D eigenvalue weighted by Gasteiger charge is -2.15. The van der Waals surface area contributed by atoms with E-state index < -0.39 is 18.2 Å². The van der Waals surface area contributed by atoms with E-state index in [0.29, 0.717) is 0 Å². The molecule has 0 aromatic carbocycles. The van der Waals surface area contributed by atoms with Gasteiger partial charge in [0.25, 0.3) is 0 Å². The molecule has 0 saturated carbocycles. The summed E-state index contributed by atoms with van der Waals surface area (Å²) in [6.45, 7) is 5.37. The van der Waals surface area contributed by atoms with Gasteiger partial charge in [0.1, 0.15) is 11.8 Å². The first-order valence-electron chi connectivity index (χ1n) is 6.38. The molecule has 0 saturated heterocycles. The van der Waals surface area contributed by atoms with E-state index in [9.17, 15) is 9.90 Å². The molecule has 4 heteroatoms. The van der Waals surface area contributed by atoms with Crippen molar-refractivity contribution in [1.82, 2.24) is 4.98 Å². The summed E-state index contributed by atoms with van der Waals surface area (Å²) in [5.41, 5.74) is 1.40. The van der Waals surface area contributed by atoms with Gasteiger partial charge in [-0.3, -0.25) is 0 Å². The summed E-state index contributed by atoms with van der Waals surface area (Å²) in [6, 6.07) is 3.56. The fraction of sp³-hybridized carbons (Fsp3) is 0.571. The Labute approximate surface area is 108 Å². The van der Waals surface area contributed by atoms with Crippen LogP contribution in [0.4, 0.5) is 0 Å². The standard InChI is InChI=1S/C14H21NO3/c1-4-5-6-12-7-8-13(15-9-12)14(17)18-11(3)10(2)16/h7-11,16H,4-6H2,1-3H3. The molecule has 0 aliphatic rings. The number of aromatic nitrogens is 1. The Morgan fingerprint density at radius 1 is 1.44 bits per heavy atom. The van der Waals surface area contributed by atoms with Gasteiger partial charge < -0.3 is 9.84 Å². The Morgan fingerprint density at radius 3 is 2.67 bits per heavy atom. The molecule has 1 aromatic heterocycles. The van der Waals surface area contributed by atoms with Crippen LogP contribution in [0.5, 0.6) is 0 Å². The Bertz CT molecular complexity index is 373. The Kier molecular flexibility index (Phi) is 5.78. The van der Waals surface area contributed by atoms with Crippen LogP contribution >= 0.6 is 0 Å². The Morgan fingerprint density at radius 2 is 2.17 bits per heavy atom. The topological polar surface area (TPSA) is 59.4 Å². The van der Waals surface area contributed by atoms with E-state index in [4.69, 9.17) is 4.74 Å². The Balaban J connectivity index is 2.59. The molecular formula is C14H21NO3. The van der Waals surface area contributed by atoms with Crippen molar-refractivity contribution in [3.63, 3.8) is 0 Å². The molecule has 0 aliphatic heterocycles. The highest BCUT2D eigenvalue weighted by molar-refractivity contribution is 5.87. The molecule has 2 atom stereocenters. The van der Waals surface area contributed by atoms with E-state index >= 15 is 0 Å². The summed E-state index contributed by atoms with van der Waals surface area (Å²) in [7, 11) is 0. The lowest BCUT2D eigenvalue weighted by molar-refractivity contribution is -0.00520. The summed E-state index contributed by atoms with van der Waals surface area (Å²) in [5.74, 6) is -0.495. The number of aryl methyl sites for hydroxylation is 1. The molecule has 18 heavy (non-hydrogen) atoms. The average Bonchev–Trinajstić information content (AvgIpc) is 2.36. The molecule has 1 aromatic rings. The lowest BCUT2D eigenvalue weighted by Crippen LogP contribution is -2.26. The molecule has 4 nitrogen and oxygen atoms in total. The number of aliphatic hydroxyl groups is 1. The van der Waals surface area contributed by atoms with Crippen LogP contribution in [0.15, 0.2) is 18.3 Å². The van der Waals surface area contributed by atoms with Gasteiger partial charge in [-0.2, -0.15) is 0 Å². The smallest absolute Gasteiger partial charge is 0.357 e. The second-order valence-corrected chi connectivity index (χ2v) is 4.51. The van der Waals surface area contributed by atoms with Gasteiger partial charge >= 0.3 is 5.97 Å². The zero-order chi connectivity index (χ0) is 13.5. The number of nitrogens with zero attached hydrogens (tertiary/aromatic N) is 1. The van der Waals surface area contributed by atoms with Gasteiger partial charge in [-0.15, -0.1) is 0 Å². The van der Waals surface area contributed by atoms with Gasteiger partial charge in [0.15, 0.2) is 0 Å². The third-order valence-electron chi connectivity index (χ3n) is 2.83. The molecule has 2 unspecified atom stereocenters. The molecule has 0 fully saturated rings. The molecule has 0 aliphatic carbocycles. The summed E-state index contributed by atoms with van der Waals surface area (Å²) < 4.78 is 5.07. The minimum absolute atomic E-state index is 0.280. The second kappa shape index (κ2) is 7.11. The number of hydrogen-bond acceptors (Lipinski definition) is 4. The lowest BCUT2D eigenvalue weighted by atomic mass is 10.1. The first-order chi connectivity index (χ1) is 8.54. The van der Waals surface area contributed by atoms with E-state index in [1.165, 1.54) is 0 Å². The number of pyridine rings is 1. The number of hydrogen-bond donors (Lipinski definition) is 1. The number of aliphatic hydroxyl groups excluding tert-OH is 1. The van der Waals surface area contributed by atoms with Crippen molar-refractivity contribution in [1.29, 1.82) is 0 Å². The van der Waals surface area contributed by atoms with Gasteiger partial charge in [0.2, 0.25) is 0 Å². The number of unbranched alkanes of at least 4 members (excludes halogenated alkanes) is 1. The minimum atomic E-state index is -0.683. The highest BCUT2D eigenvalue weighted by Crippen LogP contribution is 2.08. The monoisotopic (exact) mass is 251 g/mol. The highest BCUT2D eigenvalue weighted by Gasteiger charge is 2.16. The molecule has 1 N–H and O–H groups in total. The maximum atomic E-state index is 11.7. The molecule has 0 bridgehead atoms. The molecule has 0 spiro atoms. The van der Waals surface area contributed by atoms with Crippen LogP contribution in [-0.2, 0) is 11.2 Å². The van der Waals surface area contributed by atoms with Crippen molar-refractivity contribution >= 4 is 5.97 Å². The van der Waals surface area contributed by atoms with Crippen molar-refractivity contribution in [3.8, 4) is 0 Å². The van der Waals surface area contributed by atoms with Gasteiger partial charge in [0, 0.05) is 6.20 Å². The van der Waals surface area contributed by atoms with Gasteiger partial charge in [-0.1, -0.05) is 19.4 Å². The van der Waals surface area contributed by atoms with E-state index in [2.05, 4.69) is 11.9 Å². The van der Waals surface area contributed by atoms with Crippen LogP contribution in [0.3, 0.4) is 0 Å². The van der Waals surface area contributed by atoms with Gasteiger partial charge in [0.05, 0.1) is 6.10 Å². The largest absolute Gasteiger partial charge is 0.455 e. The molecule has 100 valence electrons. The molecule has 1 rings (SSSR count). The normalized spacial score (nSPS) is 14.0. The Hall–Kier alpha value is -1.42.